The van der Waals surface area contributed by atoms with Crippen LogP contribution in [-0.4, -0.2) is 42.1 Å². The molecule has 2 aromatic rings. The van der Waals surface area contributed by atoms with Crippen molar-refractivity contribution in [3.8, 4) is 23.0 Å². The first kappa shape index (κ1) is 20.5. The molecule has 7 nitrogen and oxygen atoms in total. The number of carbonyl (C=O) groups is 1. The molecule has 1 aromatic heterocycles. The highest BCUT2D eigenvalue weighted by Crippen LogP contribution is 2.33. The zero-order valence-electron chi connectivity index (χ0n) is 16.7. The van der Waals surface area contributed by atoms with E-state index < -0.39 is 0 Å². The van der Waals surface area contributed by atoms with Gasteiger partial charge in [-0.25, -0.2) is 0 Å². The lowest BCUT2D eigenvalue weighted by Crippen LogP contribution is -2.44. The number of aromatic nitrogens is 2. The maximum atomic E-state index is 12.3. The van der Waals surface area contributed by atoms with Crippen molar-refractivity contribution in [1.29, 1.82) is 0 Å². The van der Waals surface area contributed by atoms with Crippen LogP contribution in [0.4, 0.5) is 0 Å². The normalized spacial score (nSPS) is 21.9. The molecule has 0 radical (unpaired) electrons. The third-order valence-corrected chi connectivity index (χ3v) is 6.24. The fraction of sp³-hybridized carbons (Fsp3) is 0.550. The molecule has 0 saturated heterocycles. The molecule has 1 fully saturated rings. The third kappa shape index (κ3) is 4.79. The number of hydrogen-bond donors (Lipinski definition) is 1. The zero-order valence-corrected chi connectivity index (χ0v) is 17.5. The molecule has 8 heteroatoms. The summed E-state index contributed by atoms with van der Waals surface area (Å²) in [5.74, 6) is 2.99. The molecule has 1 aromatic carbocycles. The summed E-state index contributed by atoms with van der Waals surface area (Å²) in [7, 11) is 3.15. The number of benzene rings is 1. The van der Waals surface area contributed by atoms with E-state index in [1.807, 2.05) is 6.07 Å². The molecule has 28 heavy (non-hydrogen) atoms. The number of ether oxygens (including phenoxy) is 2. The Kier molecular flexibility index (Phi) is 6.83. The molecule has 0 unspecified atom stereocenters. The Morgan fingerprint density at radius 1 is 1.21 bits per heavy atom. The Hall–Kier alpha value is -2.22. The van der Waals surface area contributed by atoms with Crippen molar-refractivity contribution >= 4 is 17.7 Å². The predicted molar refractivity (Wildman–Crippen MR) is 108 cm³/mol. The van der Waals surface area contributed by atoms with Crippen LogP contribution in [0.5, 0.6) is 11.5 Å². The van der Waals surface area contributed by atoms with Crippen LogP contribution in [0.3, 0.4) is 0 Å². The number of thioether (sulfide) groups is 1. The van der Waals surface area contributed by atoms with E-state index in [1.54, 1.807) is 26.4 Å². The fourth-order valence-corrected chi connectivity index (χ4v) is 4.09. The van der Waals surface area contributed by atoms with Gasteiger partial charge in [0.1, 0.15) is 0 Å². The number of nitrogens with zero attached hydrogens (tertiary/aromatic N) is 2. The lowest BCUT2D eigenvalue weighted by atomic mass is 9.78. The van der Waals surface area contributed by atoms with Crippen LogP contribution in [0, 0.1) is 11.8 Å². The average molecular weight is 406 g/mol. The van der Waals surface area contributed by atoms with Crippen molar-refractivity contribution in [3.63, 3.8) is 0 Å². The summed E-state index contributed by atoms with van der Waals surface area (Å²) in [4.78, 5) is 12.3. The van der Waals surface area contributed by atoms with Crippen LogP contribution in [-0.2, 0) is 4.79 Å². The van der Waals surface area contributed by atoms with Crippen molar-refractivity contribution in [2.45, 2.75) is 44.4 Å². The first-order valence-corrected chi connectivity index (χ1v) is 10.5. The maximum Gasteiger partial charge on any atom is 0.277 e. The van der Waals surface area contributed by atoms with Gasteiger partial charge in [-0.15, -0.1) is 10.2 Å². The summed E-state index contributed by atoms with van der Waals surface area (Å²) >= 11 is 1.24. The second-order valence-electron chi connectivity index (χ2n) is 7.17. The van der Waals surface area contributed by atoms with E-state index in [9.17, 15) is 4.79 Å². The second-order valence-corrected chi connectivity index (χ2v) is 8.10. The topological polar surface area (TPSA) is 86.5 Å². The van der Waals surface area contributed by atoms with Crippen LogP contribution in [0.2, 0.25) is 0 Å². The predicted octanol–water partition coefficient (Wildman–Crippen LogP) is 3.79. The van der Waals surface area contributed by atoms with E-state index in [2.05, 4.69) is 29.4 Å². The van der Waals surface area contributed by atoms with E-state index in [4.69, 9.17) is 13.9 Å². The highest BCUT2D eigenvalue weighted by atomic mass is 32.2. The SMILES string of the molecule is COc1ccc(-c2nnc(SCC(=O)N[C@@H]3CCC[C@@H](C)[C@H]3C)o2)cc1OC. The molecular weight excluding hydrogens is 378 g/mol. The van der Waals surface area contributed by atoms with Crippen LogP contribution in [0.1, 0.15) is 33.1 Å². The fourth-order valence-electron chi connectivity index (χ4n) is 3.52. The summed E-state index contributed by atoms with van der Waals surface area (Å²) < 4.78 is 16.2. The number of rotatable bonds is 7. The van der Waals surface area contributed by atoms with Gasteiger partial charge in [-0.1, -0.05) is 38.5 Å². The summed E-state index contributed by atoms with van der Waals surface area (Å²) in [5.41, 5.74) is 0.728. The van der Waals surface area contributed by atoms with Gasteiger partial charge < -0.3 is 19.2 Å². The lowest BCUT2D eigenvalue weighted by molar-refractivity contribution is -0.120. The highest BCUT2D eigenvalue weighted by molar-refractivity contribution is 7.99. The van der Waals surface area contributed by atoms with Crippen molar-refractivity contribution in [2.24, 2.45) is 11.8 Å². The minimum absolute atomic E-state index is 0.00168. The maximum absolute atomic E-state index is 12.3. The van der Waals surface area contributed by atoms with Crippen LogP contribution >= 0.6 is 11.8 Å². The quantitative estimate of drug-likeness (QED) is 0.701. The number of amides is 1. The van der Waals surface area contributed by atoms with E-state index >= 15 is 0 Å². The van der Waals surface area contributed by atoms with Crippen molar-refractivity contribution in [2.75, 3.05) is 20.0 Å². The summed E-state index contributed by atoms with van der Waals surface area (Å²) in [6.07, 6.45) is 3.46. The van der Waals surface area contributed by atoms with E-state index in [0.29, 0.717) is 34.4 Å². The highest BCUT2D eigenvalue weighted by Gasteiger charge is 2.28. The van der Waals surface area contributed by atoms with E-state index in [1.165, 1.54) is 24.6 Å². The average Bonchev–Trinajstić information content (AvgIpc) is 3.18. The minimum Gasteiger partial charge on any atom is -0.493 e. The first-order chi connectivity index (χ1) is 13.5. The number of methoxy groups -OCH3 is 2. The van der Waals surface area contributed by atoms with Crippen LogP contribution in [0.25, 0.3) is 11.5 Å². The summed E-state index contributed by atoms with van der Waals surface area (Å²) in [6.45, 7) is 4.47. The standard InChI is InChI=1S/C20H27N3O4S/c1-12-6-5-7-15(13(12)2)21-18(24)11-28-20-23-22-19(27-20)14-8-9-16(25-3)17(10-14)26-4/h8-10,12-13,15H,5-7,11H2,1-4H3,(H,21,24)/t12-,13-,15-/m1/s1. The molecule has 0 spiro atoms. The molecule has 0 aliphatic heterocycles. The largest absolute Gasteiger partial charge is 0.493 e. The van der Waals surface area contributed by atoms with Gasteiger partial charge in [0.05, 0.1) is 20.0 Å². The molecular formula is C20H27N3O4S. The Balaban J connectivity index is 1.57. The van der Waals surface area contributed by atoms with E-state index in [-0.39, 0.29) is 17.7 Å². The third-order valence-electron chi connectivity index (χ3n) is 5.42. The Labute approximate surface area is 169 Å². The molecule has 1 heterocycles. The molecule has 0 bridgehead atoms. The van der Waals surface area contributed by atoms with Gasteiger partial charge in [-0.3, -0.25) is 4.79 Å². The van der Waals surface area contributed by atoms with Crippen molar-refractivity contribution in [1.82, 2.24) is 15.5 Å². The second kappa shape index (κ2) is 9.32. The molecule has 1 aliphatic rings. The van der Waals surface area contributed by atoms with Crippen LogP contribution in [0.15, 0.2) is 27.8 Å². The van der Waals surface area contributed by atoms with Gasteiger partial charge in [0.15, 0.2) is 11.5 Å². The number of carbonyl (C=O) groups excluding carboxylic acids is 1. The van der Waals surface area contributed by atoms with Crippen molar-refractivity contribution < 1.29 is 18.7 Å². The van der Waals surface area contributed by atoms with Gasteiger partial charge in [0.25, 0.3) is 5.22 Å². The number of hydrogen-bond acceptors (Lipinski definition) is 7. The van der Waals surface area contributed by atoms with Gasteiger partial charge in [0, 0.05) is 11.6 Å². The Morgan fingerprint density at radius 3 is 2.75 bits per heavy atom. The molecule has 152 valence electrons. The molecule has 1 N–H and O–H groups in total. The zero-order chi connectivity index (χ0) is 20.1. The smallest absolute Gasteiger partial charge is 0.277 e. The molecule has 1 amide bonds. The van der Waals surface area contributed by atoms with E-state index in [0.717, 1.165) is 12.0 Å². The van der Waals surface area contributed by atoms with Gasteiger partial charge >= 0.3 is 0 Å². The van der Waals surface area contributed by atoms with Gasteiger partial charge in [-0.05, 0) is 36.5 Å². The number of nitrogens with one attached hydrogen (secondary N) is 1. The summed E-state index contributed by atoms with van der Waals surface area (Å²) in [5, 5.41) is 11.6. The van der Waals surface area contributed by atoms with Gasteiger partial charge in [-0.2, -0.15) is 0 Å². The Bertz CT molecular complexity index is 810. The first-order valence-electron chi connectivity index (χ1n) is 9.50. The van der Waals surface area contributed by atoms with Gasteiger partial charge in [0.2, 0.25) is 11.8 Å². The minimum atomic E-state index is 0.00168. The molecule has 1 saturated carbocycles. The van der Waals surface area contributed by atoms with Crippen molar-refractivity contribution in [3.05, 3.63) is 18.2 Å². The molecule has 3 rings (SSSR count). The lowest BCUT2D eigenvalue weighted by Gasteiger charge is -2.34. The molecule has 3 atom stereocenters. The molecule has 1 aliphatic carbocycles. The summed E-state index contributed by atoms with van der Waals surface area (Å²) in [6, 6.07) is 5.63. The Morgan fingerprint density at radius 2 is 2.00 bits per heavy atom. The van der Waals surface area contributed by atoms with Crippen LogP contribution < -0.4 is 14.8 Å². The monoisotopic (exact) mass is 405 g/mol.